The van der Waals surface area contributed by atoms with Crippen molar-refractivity contribution in [2.24, 2.45) is 0 Å². The van der Waals surface area contributed by atoms with E-state index < -0.39 is 9.84 Å². The minimum atomic E-state index is -3.17. The standard InChI is InChI=1S/C15H18BrNO3S/c1-3-10-17-15(13-8-9-14(16)20-13)11-4-6-12(7-5-11)21(2,18)19/h4-9,15,17H,3,10H2,1-2H3. The molecule has 1 aromatic carbocycles. The summed E-state index contributed by atoms with van der Waals surface area (Å²) in [6.07, 6.45) is 2.21. The molecule has 21 heavy (non-hydrogen) atoms. The molecule has 6 heteroatoms. The Kier molecular flexibility index (Phi) is 5.24. The van der Waals surface area contributed by atoms with Crippen molar-refractivity contribution in [1.29, 1.82) is 0 Å². The average Bonchev–Trinajstić information content (AvgIpc) is 2.85. The van der Waals surface area contributed by atoms with E-state index in [4.69, 9.17) is 4.42 Å². The van der Waals surface area contributed by atoms with Gasteiger partial charge in [-0.3, -0.25) is 0 Å². The first-order valence-corrected chi connectivity index (χ1v) is 9.39. The monoisotopic (exact) mass is 371 g/mol. The van der Waals surface area contributed by atoms with Crippen LogP contribution in [-0.4, -0.2) is 21.2 Å². The first-order chi connectivity index (χ1) is 9.91. The van der Waals surface area contributed by atoms with Gasteiger partial charge in [0.15, 0.2) is 14.5 Å². The van der Waals surface area contributed by atoms with Gasteiger partial charge in [0.1, 0.15) is 5.76 Å². The molecule has 1 atom stereocenters. The minimum Gasteiger partial charge on any atom is -0.452 e. The van der Waals surface area contributed by atoms with Crippen LogP contribution in [0.3, 0.4) is 0 Å². The van der Waals surface area contributed by atoms with Gasteiger partial charge in [-0.25, -0.2) is 8.42 Å². The van der Waals surface area contributed by atoms with Crippen molar-refractivity contribution in [3.8, 4) is 0 Å². The predicted octanol–water partition coefficient (Wildman–Crippen LogP) is 3.53. The third kappa shape index (κ3) is 4.18. The molecule has 0 amide bonds. The van der Waals surface area contributed by atoms with E-state index in [-0.39, 0.29) is 6.04 Å². The third-order valence-corrected chi connectivity index (χ3v) is 4.67. The van der Waals surface area contributed by atoms with E-state index in [2.05, 4.69) is 28.2 Å². The maximum Gasteiger partial charge on any atom is 0.175 e. The van der Waals surface area contributed by atoms with Gasteiger partial charge in [-0.1, -0.05) is 19.1 Å². The number of halogens is 1. The fraction of sp³-hybridized carbons (Fsp3) is 0.333. The van der Waals surface area contributed by atoms with Crippen LogP contribution >= 0.6 is 15.9 Å². The van der Waals surface area contributed by atoms with Gasteiger partial charge >= 0.3 is 0 Å². The molecule has 1 N–H and O–H groups in total. The topological polar surface area (TPSA) is 59.3 Å². The van der Waals surface area contributed by atoms with Crippen LogP contribution in [0.2, 0.25) is 0 Å². The van der Waals surface area contributed by atoms with Crippen molar-refractivity contribution in [3.63, 3.8) is 0 Å². The van der Waals surface area contributed by atoms with E-state index in [9.17, 15) is 8.42 Å². The van der Waals surface area contributed by atoms with Crippen LogP contribution in [0.25, 0.3) is 0 Å². The van der Waals surface area contributed by atoms with Gasteiger partial charge < -0.3 is 9.73 Å². The van der Waals surface area contributed by atoms with Crippen molar-refractivity contribution in [2.45, 2.75) is 24.3 Å². The molecule has 0 saturated carbocycles. The highest BCUT2D eigenvalue weighted by atomic mass is 79.9. The first kappa shape index (κ1) is 16.3. The molecule has 2 aromatic rings. The summed E-state index contributed by atoms with van der Waals surface area (Å²) in [6.45, 7) is 2.94. The molecule has 0 aliphatic carbocycles. The Morgan fingerprint density at radius 1 is 1.19 bits per heavy atom. The van der Waals surface area contributed by atoms with Gasteiger partial charge in [0.2, 0.25) is 0 Å². The van der Waals surface area contributed by atoms with Crippen LogP contribution in [0.15, 0.2) is 50.4 Å². The van der Waals surface area contributed by atoms with Gasteiger partial charge in [-0.05, 0) is 58.7 Å². The van der Waals surface area contributed by atoms with Crippen molar-refractivity contribution in [2.75, 3.05) is 12.8 Å². The number of hydrogen-bond acceptors (Lipinski definition) is 4. The Bertz CT molecular complexity index is 692. The number of benzene rings is 1. The Hall–Kier alpha value is -1.11. The molecule has 2 rings (SSSR count). The van der Waals surface area contributed by atoms with Crippen molar-refractivity contribution in [1.82, 2.24) is 5.32 Å². The lowest BCUT2D eigenvalue weighted by atomic mass is 10.0. The van der Waals surface area contributed by atoms with Crippen LogP contribution in [0.5, 0.6) is 0 Å². The highest BCUT2D eigenvalue weighted by molar-refractivity contribution is 9.10. The molecule has 114 valence electrons. The van der Waals surface area contributed by atoms with E-state index in [1.807, 2.05) is 24.3 Å². The van der Waals surface area contributed by atoms with Gasteiger partial charge in [-0.2, -0.15) is 0 Å². The molecule has 0 spiro atoms. The molecule has 0 saturated heterocycles. The van der Waals surface area contributed by atoms with Crippen LogP contribution in [0.1, 0.15) is 30.7 Å². The molecule has 0 radical (unpaired) electrons. The van der Waals surface area contributed by atoms with E-state index >= 15 is 0 Å². The SMILES string of the molecule is CCCNC(c1ccc(S(C)(=O)=O)cc1)c1ccc(Br)o1. The zero-order valence-electron chi connectivity index (χ0n) is 12.0. The maximum absolute atomic E-state index is 11.5. The van der Waals surface area contributed by atoms with Crippen molar-refractivity contribution < 1.29 is 12.8 Å². The Balaban J connectivity index is 2.32. The third-order valence-electron chi connectivity index (χ3n) is 3.12. The smallest absolute Gasteiger partial charge is 0.175 e. The number of nitrogens with one attached hydrogen (secondary N) is 1. The van der Waals surface area contributed by atoms with Gasteiger partial charge in [0.25, 0.3) is 0 Å². The average molecular weight is 372 g/mol. The second-order valence-electron chi connectivity index (χ2n) is 4.87. The summed E-state index contributed by atoms with van der Waals surface area (Å²) in [5, 5.41) is 3.41. The Labute approximate surface area is 133 Å². The van der Waals surface area contributed by atoms with Crippen LogP contribution in [0.4, 0.5) is 0 Å². The lowest BCUT2D eigenvalue weighted by molar-refractivity contribution is 0.433. The summed E-state index contributed by atoms with van der Waals surface area (Å²) in [7, 11) is -3.17. The van der Waals surface area contributed by atoms with Crippen molar-refractivity contribution >= 4 is 25.8 Å². The highest BCUT2D eigenvalue weighted by Crippen LogP contribution is 2.27. The maximum atomic E-state index is 11.5. The number of rotatable bonds is 6. The van der Waals surface area contributed by atoms with E-state index in [0.29, 0.717) is 9.56 Å². The fourth-order valence-corrected chi connectivity index (χ4v) is 3.01. The fourth-order valence-electron chi connectivity index (χ4n) is 2.06. The number of hydrogen-bond donors (Lipinski definition) is 1. The largest absolute Gasteiger partial charge is 0.452 e. The second-order valence-corrected chi connectivity index (χ2v) is 7.67. The van der Waals surface area contributed by atoms with Gasteiger partial charge in [0, 0.05) is 6.26 Å². The van der Waals surface area contributed by atoms with Crippen LogP contribution < -0.4 is 5.32 Å². The van der Waals surface area contributed by atoms with E-state index in [1.165, 1.54) is 6.26 Å². The molecule has 0 fully saturated rings. The van der Waals surface area contributed by atoms with Gasteiger partial charge in [0.05, 0.1) is 10.9 Å². The normalized spacial score (nSPS) is 13.3. The molecular weight excluding hydrogens is 354 g/mol. The molecule has 4 nitrogen and oxygen atoms in total. The quantitative estimate of drug-likeness (QED) is 0.843. The zero-order chi connectivity index (χ0) is 15.5. The summed E-state index contributed by atoms with van der Waals surface area (Å²) in [4.78, 5) is 0.320. The molecule has 0 bridgehead atoms. The molecule has 1 unspecified atom stereocenters. The molecular formula is C15H18BrNO3S. The molecule has 1 aromatic heterocycles. The Morgan fingerprint density at radius 2 is 1.86 bits per heavy atom. The second kappa shape index (κ2) is 6.77. The predicted molar refractivity (Wildman–Crippen MR) is 86.1 cm³/mol. The minimum absolute atomic E-state index is 0.0927. The van der Waals surface area contributed by atoms with E-state index in [1.54, 1.807) is 12.1 Å². The summed E-state index contributed by atoms with van der Waals surface area (Å²) in [6, 6.07) is 10.6. The van der Waals surface area contributed by atoms with Gasteiger partial charge in [-0.15, -0.1) is 0 Å². The number of furan rings is 1. The van der Waals surface area contributed by atoms with Crippen LogP contribution in [-0.2, 0) is 9.84 Å². The summed E-state index contributed by atoms with van der Waals surface area (Å²) >= 11 is 3.31. The van der Waals surface area contributed by atoms with Crippen molar-refractivity contribution in [3.05, 3.63) is 52.4 Å². The lowest BCUT2D eigenvalue weighted by Crippen LogP contribution is -2.22. The van der Waals surface area contributed by atoms with Crippen LogP contribution in [0, 0.1) is 0 Å². The first-order valence-electron chi connectivity index (χ1n) is 6.70. The summed E-state index contributed by atoms with van der Waals surface area (Å²) < 4.78 is 29.3. The molecule has 1 heterocycles. The lowest BCUT2D eigenvalue weighted by Gasteiger charge is -2.17. The zero-order valence-corrected chi connectivity index (χ0v) is 14.4. The Morgan fingerprint density at radius 3 is 2.33 bits per heavy atom. The molecule has 0 aliphatic heterocycles. The summed E-state index contributed by atoms with van der Waals surface area (Å²) in [5.41, 5.74) is 0.970. The number of sulfone groups is 1. The van der Waals surface area contributed by atoms with E-state index in [0.717, 1.165) is 24.3 Å². The summed E-state index contributed by atoms with van der Waals surface area (Å²) in [5.74, 6) is 0.794. The molecule has 0 aliphatic rings. The highest BCUT2D eigenvalue weighted by Gasteiger charge is 2.18.